The van der Waals surface area contributed by atoms with Crippen molar-refractivity contribution in [2.75, 3.05) is 54.9 Å². The summed E-state index contributed by atoms with van der Waals surface area (Å²) < 4.78 is 3.26. The molecule has 0 bridgehead atoms. The van der Waals surface area contributed by atoms with Crippen molar-refractivity contribution in [3.63, 3.8) is 0 Å². The zero-order chi connectivity index (χ0) is 28.3. The fourth-order valence-corrected chi connectivity index (χ4v) is 6.14. The molecule has 210 valence electrons. The van der Waals surface area contributed by atoms with E-state index in [0.29, 0.717) is 40.7 Å². The molecule has 2 fully saturated rings. The molecular formula is C30H33N9O2. The highest BCUT2D eigenvalue weighted by Crippen LogP contribution is 2.52. The first kappa shape index (κ1) is 25.5. The molecule has 11 heteroatoms. The lowest BCUT2D eigenvalue weighted by Gasteiger charge is -2.34. The maximum absolute atomic E-state index is 13.4. The van der Waals surface area contributed by atoms with Crippen LogP contribution in [0, 0.1) is 0 Å². The van der Waals surface area contributed by atoms with Crippen molar-refractivity contribution in [2.24, 2.45) is 0 Å². The van der Waals surface area contributed by atoms with Crippen molar-refractivity contribution in [2.45, 2.75) is 31.8 Å². The molecule has 0 radical (unpaired) electrons. The number of carbonyl (C=O) groups is 1. The van der Waals surface area contributed by atoms with E-state index in [2.05, 4.69) is 50.8 Å². The molecule has 3 aromatic heterocycles. The Kier molecular flexibility index (Phi) is 5.93. The highest BCUT2D eigenvalue weighted by Gasteiger charge is 2.60. The summed E-state index contributed by atoms with van der Waals surface area (Å²) in [5, 5.41) is 3.67. The Morgan fingerprint density at radius 1 is 1.02 bits per heavy atom. The van der Waals surface area contributed by atoms with Gasteiger partial charge in [-0.3, -0.25) is 9.59 Å². The van der Waals surface area contributed by atoms with E-state index in [0.717, 1.165) is 44.7 Å². The van der Waals surface area contributed by atoms with Crippen molar-refractivity contribution in [3.05, 3.63) is 71.2 Å². The molecule has 0 unspecified atom stereocenters. The SMILES string of the molecule is C=CCn1c(=O)c2cnc(Nc3ccc(N4CCN(C)CC4)cc3)nc2n1-c1ccc2c(n1)N(CC)C1(CC1)C2=O. The molecule has 4 aromatic rings. The quantitative estimate of drug-likeness (QED) is 0.347. The molecule has 3 aliphatic rings. The number of ketones is 1. The van der Waals surface area contributed by atoms with Crippen LogP contribution in [0.25, 0.3) is 16.9 Å². The first-order valence-electron chi connectivity index (χ1n) is 14.2. The van der Waals surface area contributed by atoms with E-state index in [9.17, 15) is 9.59 Å². The molecule has 1 aliphatic carbocycles. The maximum Gasteiger partial charge on any atom is 0.278 e. The third kappa shape index (κ3) is 4.02. The number of anilines is 4. The Morgan fingerprint density at radius 3 is 2.46 bits per heavy atom. The number of hydrogen-bond donors (Lipinski definition) is 1. The van der Waals surface area contributed by atoms with E-state index in [1.807, 2.05) is 25.1 Å². The second-order valence-electron chi connectivity index (χ2n) is 11.0. The number of piperazine rings is 1. The molecule has 7 rings (SSSR count). The van der Waals surface area contributed by atoms with E-state index in [4.69, 9.17) is 9.97 Å². The highest BCUT2D eigenvalue weighted by atomic mass is 16.1. The number of pyridine rings is 1. The minimum Gasteiger partial charge on any atom is -0.369 e. The standard InChI is InChI=1S/C30H33N9O2/c1-4-14-38-28(41)23-19-31-29(32-20-6-8-21(9-7-20)36-17-15-35(3)16-18-36)34-27(23)39(38)24-11-10-22-25(40)30(12-13-30)37(5-2)26(22)33-24/h4,6-11,19H,1,5,12-18H2,2-3H3,(H,31,32,34). The zero-order valence-corrected chi connectivity index (χ0v) is 23.4. The van der Waals surface area contributed by atoms with Crippen molar-refractivity contribution in [1.29, 1.82) is 0 Å². The molecule has 0 amide bonds. The highest BCUT2D eigenvalue weighted by molar-refractivity contribution is 6.15. The van der Waals surface area contributed by atoms with Gasteiger partial charge in [0.2, 0.25) is 5.95 Å². The normalized spacial score (nSPS) is 17.9. The fourth-order valence-electron chi connectivity index (χ4n) is 6.14. The van der Waals surface area contributed by atoms with Gasteiger partial charge in [-0.1, -0.05) is 6.08 Å². The second-order valence-corrected chi connectivity index (χ2v) is 11.0. The van der Waals surface area contributed by atoms with E-state index in [1.165, 1.54) is 5.69 Å². The Labute approximate surface area is 237 Å². The molecule has 11 nitrogen and oxygen atoms in total. The van der Waals surface area contributed by atoms with Gasteiger partial charge >= 0.3 is 0 Å². The van der Waals surface area contributed by atoms with E-state index < -0.39 is 5.54 Å². The number of allylic oxidation sites excluding steroid dienone is 1. The molecule has 1 spiro atoms. The smallest absolute Gasteiger partial charge is 0.278 e. The van der Waals surface area contributed by atoms with Gasteiger partial charge in [0, 0.05) is 50.3 Å². The number of likely N-dealkylation sites (N-methyl/N-ethyl adjacent to an activating group) is 2. The molecule has 2 aliphatic heterocycles. The fraction of sp³-hybridized carbons (Fsp3) is 0.367. The number of hydrogen-bond acceptors (Lipinski definition) is 9. The molecule has 1 aromatic carbocycles. The molecule has 5 heterocycles. The molecule has 0 atom stereocenters. The molecule has 1 saturated heterocycles. The van der Waals surface area contributed by atoms with Crippen molar-refractivity contribution in [3.8, 4) is 5.82 Å². The minimum absolute atomic E-state index is 0.140. The average Bonchev–Trinajstić information content (AvgIpc) is 3.69. The van der Waals surface area contributed by atoms with Crippen LogP contribution < -0.4 is 20.7 Å². The number of benzene rings is 1. The van der Waals surface area contributed by atoms with Gasteiger partial charge in [-0.05, 0) is 63.2 Å². The van der Waals surface area contributed by atoms with Gasteiger partial charge in [0.1, 0.15) is 16.7 Å². The van der Waals surface area contributed by atoms with Crippen molar-refractivity contribution in [1.82, 2.24) is 29.2 Å². The zero-order valence-electron chi connectivity index (χ0n) is 23.4. The van der Waals surface area contributed by atoms with Gasteiger partial charge in [0.15, 0.2) is 17.2 Å². The Bertz CT molecular complexity index is 1730. The summed E-state index contributed by atoms with van der Waals surface area (Å²) in [6, 6.07) is 11.9. The lowest BCUT2D eigenvalue weighted by atomic mass is 10.1. The van der Waals surface area contributed by atoms with Gasteiger partial charge in [-0.15, -0.1) is 6.58 Å². The largest absolute Gasteiger partial charge is 0.369 e. The van der Waals surface area contributed by atoms with Gasteiger partial charge in [0.25, 0.3) is 5.56 Å². The average molecular weight is 552 g/mol. The maximum atomic E-state index is 13.4. The summed E-state index contributed by atoms with van der Waals surface area (Å²) in [6.07, 6.45) is 4.91. The molecule has 41 heavy (non-hydrogen) atoms. The van der Waals surface area contributed by atoms with Crippen LogP contribution in [-0.4, -0.2) is 80.3 Å². The summed E-state index contributed by atoms with van der Waals surface area (Å²) in [5.41, 5.74) is 2.44. The Hall–Kier alpha value is -4.51. The summed E-state index contributed by atoms with van der Waals surface area (Å²) in [6.45, 7) is 10.9. The number of rotatable bonds is 7. The monoisotopic (exact) mass is 551 g/mol. The minimum atomic E-state index is -0.443. The van der Waals surface area contributed by atoms with Crippen LogP contribution in [0.2, 0.25) is 0 Å². The number of nitrogens with one attached hydrogen (secondary N) is 1. The third-order valence-electron chi connectivity index (χ3n) is 8.53. The van der Waals surface area contributed by atoms with Gasteiger partial charge < -0.3 is 20.0 Å². The summed E-state index contributed by atoms with van der Waals surface area (Å²) >= 11 is 0. The molecule has 1 saturated carbocycles. The number of aromatic nitrogens is 5. The Morgan fingerprint density at radius 2 is 1.78 bits per heavy atom. The van der Waals surface area contributed by atoms with Crippen molar-refractivity contribution >= 4 is 40.0 Å². The van der Waals surface area contributed by atoms with Crippen LogP contribution in [-0.2, 0) is 6.54 Å². The van der Waals surface area contributed by atoms with Gasteiger partial charge in [-0.25, -0.2) is 19.3 Å². The molecule has 1 N–H and O–H groups in total. The van der Waals surface area contributed by atoms with Crippen LogP contribution in [0.5, 0.6) is 0 Å². The summed E-state index contributed by atoms with van der Waals surface area (Å²) in [4.78, 5) is 47.5. The van der Waals surface area contributed by atoms with E-state index in [1.54, 1.807) is 27.7 Å². The van der Waals surface area contributed by atoms with Crippen LogP contribution in [0.3, 0.4) is 0 Å². The first-order valence-corrected chi connectivity index (χ1v) is 14.2. The third-order valence-corrected chi connectivity index (χ3v) is 8.53. The van der Waals surface area contributed by atoms with Gasteiger partial charge in [0.05, 0.1) is 12.1 Å². The van der Waals surface area contributed by atoms with Crippen molar-refractivity contribution < 1.29 is 4.79 Å². The predicted molar refractivity (Wildman–Crippen MR) is 160 cm³/mol. The Balaban J connectivity index is 1.25. The number of fused-ring (bicyclic) bond motifs is 2. The predicted octanol–water partition coefficient (Wildman–Crippen LogP) is 3.21. The summed E-state index contributed by atoms with van der Waals surface area (Å²) in [5.74, 6) is 1.70. The van der Waals surface area contributed by atoms with Gasteiger partial charge in [-0.2, -0.15) is 4.98 Å². The number of Topliss-reactive ketones (excluding diaryl/α,β-unsaturated/α-hetero) is 1. The summed E-state index contributed by atoms with van der Waals surface area (Å²) in [7, 11) is 2.15. The second kappa shape index (κ2) is 9.55. The van der Waals surface area contributed by atoms with Crippen LogP contribution in [0.1, 0.15) is 30.1 Å². The van der Waals surface area contributed by atoms with Crippen LogP contribution >= 0.6 is 0 Å². The number of nitrogens with zero attached hydrogens (tertiary/aromatic N) is 8. The van der Waals surface area contributed by atoms with E-state index in [-0.39, 0.29) is 17.9 Å². The lowest BCUT2D eigenvalue weighted by molar-refractivity contribution is 0.0959. The first-order chi connectivity index (χ1) is 19.9. The molecular weight excluding hydrogens is 518 g/mol. The lowest BCUT2D eigenvalue weighted by Crippen LogP contribution is -2.44. The topological polar surface area (TPSA) is 104 Å². The van der Waals surface area contributed by atoms with Crippen LogP contribution in [0.15, 0.2) is 60.0 Å². The van der Waals surface area contributed by atoms with Crippen LogP contribution in [0.4, 0.5) is 23.1 Å². The number of carbonyl (C=O) groups excluding carboxylic acids is 1. The van der Waals surface area contributed by atoms with E-state index >= 15 is 0 Å².